The topological polar surface area (TPSA) is 32.5 Å². The standard InChI is InChI=1S/C13H19ClFN3/c1-3-9-8-18(5-4-17(9)2)13-7-11(15)10(14)6-12(13)16/h6-7,9H,3-5,8,16H2,1-2H3. The fraction of sp³-hybridized carbons (Fsp3) is 0.538. The summed E-state index contributed by atoms with van der Waals surface area (Å²) in [6.07, 6.45) is 1.07. The Kier molecular flexibility index (Phi) is 3.97. The normalized spacial score (nSPS) is 21.3. The lowest BCUT2D eigenvalue weighted by molar-refractivity contribution is 0.213. The third-order valence-corrected chi connectivity index (χ3v) is 3.95. The van der Waals surface area contributed by atoms with Gasteiger partial charge in [0.15, 0.2) is 0 Å². The number of likely N-dealkylation sites (N-methyl/N-ethyl adjacent to an activating group) is 1. The van der Waals surface area contributed by atoms with Crippen molar-refractivity contribution in [1.29, 1.82) is 0 Å². The highest BCUT2D eigenvalue weighted by molar-refractivity contribution is 6.31. The zero-order valence-corrected chi connectivity index (χ0v) is 11.5. The summed E-state index contributed by atoms with van der Waals surface area (Å²) in [5, 5.41) is 0.0809. The second-order valence-corrected chi connectivity index (χ2v) is 5.22. The van der Waals surface area contributed by atoms with E-state index in [1.807, 2.05) is 0 Å². The second-order valence-electron chi connectivity index (χ2n) is 4.81. The first-order valence-electron chi connectivity index (χ1n) is 6.22. The quantitative estimate of drug-likeness (QED) is 0.840. The molecule has 1 aliphatic rings. The lowest BCUT2D eigenvalue weighted by Gasteiger charge is -2.40. The van der Waals surface area contributed by atoms with Gasteiger partial charge in [0, 0.05) is 31.7 Å². The highest BCUT2D eigenvalue weighted by Crippen LogP contribution is 2.30. The van der Waals surface area contributed by atoms with Gasteiger partial charge in [0.25, 0.3) is 0 Å². The zero-order chi connectivity index (χ0) is 13.3. The summed E-state index contributed by atoms with van der Waals surface area (Å²) < 4.78 is 13.5. The molecular formula is C13H19ClFN3. The summed E-state index contributed by atoms with van der Waals surface area (Å²) in [5.41, 5.74) is 7.23. The van der Waals surface area contributed by atoms with Gasteiger partial charge in [0.2, 0.25) is 0 Å². The molecule has 100 valence electrons. The van der Waals surface area contributed by atoms with Crippen molar-refractivity contribution in [2.75, 3.05) is 37.3 Å². The number of rotatable bonds is 2. The van der Waals surface area contributed by atoms with Crippen molar-refractivity contribution in [3.63, 3.8) is 0 Å². The van der Waals surface area contributed by atoms with Gasteiger partial charge < -0.3 is 10.6 Å². The van der Waals surface area contributed by atoms with Crippen LogP contribution in [0.25, 0.3) is 0 Å². The number of nitrogens with two attached hydrogens (primary N) is 1. The summed E-state index contributed by atoms with van der Waals surface area (Å²) >= 11 is 5.72. The third-order valence-electron chi connectivity index (χ3n) is 3.66. The first-order chi connectivity index (χ1) is 8.52. The fourth-order valence-electron chi connectivity index (χ4n) is 2.43. The maximum atomic E-state index is 13.5. The zero-order valence-electron chi connectivity index (χ0n) is 10.8. The van der Waals surface area contributed by atoms with Crippen molar-refractivity contribution >= 4 is 23.0 Å². The first kappa shape index (κ1) is 13.4. The van der Waals surface area contributed by atoms with Crippen LogP contribution in [0.3, 0.4) is 0 Å². The van der Waals surface area contributed by atoms with Crippen LogP contribution in [-0.4, -0.2) is 37.6 Å². The van der Waals surface area contributed by atoms with Gasteiger partial charge in [-0.15, -0.1) is 0 Å². The fourth-order valence-corrected chi connectivity index (χ4v) is 2.60. The summed E-state index contributed by atoms with van der Waals surface area (Å²) in [7, 11) is 2.12. The van der Waals surface area contributed by atoms with Crippen LogP contribution in [0, 0.1) is 5.82 Å². The van der Waals surface area contributed by atoms with Gasteiger partial charge in [-0.25, -0.2) is 4.39 Å². The van der Waals surface area contributed by atoms with Crippen molar-refractivity contribution < 1.29 is 4.39 Å². The molecule has 0 aliphatic carbocycles. The minimum atomic E-state index is -0.409. The van der Waals surface area contributed by atoms with Crippen LogP contribution in [0.15, 0.2) is 12.1 Å². The Balaban J connectivity index is 2.24. The number of nitrogen functional groups attached to an aromatic ring is 1. The Bertz CT molecular complexity index is 438. The minimum absolute atomic E-state index is 0.0809. The smallest absolute Gasteiger partial charge is 0.144 e. The Hall–Kier alpha value is -1.00. The van der Waals surface area contributed by atoms with Crippen LogP contribution in [-0.2, 0) is 0 Å². The van der Waals surface area contributed by atoms with Crippen LogP contribution >= 0.6 is 11.6 Å². The van der Waals surface area contributed by atoms with Gasteiger partial charge in [-0.3, -0.25) is 4.90 Å². The van der Waals surface area contributed by atoms with Crippen molar-refractivity contribution in [2.45, 2.75) is 19.4 Å². The molecule has 1 fully saturated rings. The monoisotopic (exact) mass is 271 g/mol. The van der Waals surface area contributed by atoms with E-state index in [2.05, 4.69) is 23.8 Å². The second kappa shape index (κ2) is 5.33. The Labute approximate surface area is 112 Å². The van der Waals surface area contributed by atoms with E-state index >= 15 is 0 Å². The van der Waals surface area contributed by atoms with Crippen molar-refractivity contribution in [3.05, 3.63) is 23.0 Å². The van der Waals surface area contributed by atoms with Gasteiger partial charge in [0.1, 0.15) is 5.82 Å². The molecular weight excluding hydrogens is 253 g/mol. The Morgan fingerprint density at radius 3 is 2.83 bits per heavy atom. The molecule has 0 saturated carbocycles. The number of piperazine rings is 1. The Morgan fingerprint density at radius 2 is 2.17 bits per heavy atom. The average Bonchev–Trinajstić information content (AvgIpc) is 2.35. The molecule has 1 atom stereocenters. The van der Waals surface area contributed by atoms with Crippen molar-refractivity contribution in [2.24, 2.45) is 0 Å². The largest absolute Gasteiger partial charge is 0.397 e. The molecule has 1 aromatic rings. The van der Waals surface area contributed by atoms with Crippen LogP contribution in [0.5, 0.6) is 0 Å². The van der Waals surface area contributed by atoms with E-state index in [-0.39, 0.29) is 5.02 Å². The molecule has 1 saturated heterocycles. The molecule has 1 aromatic carbocycles. The van der Waals surface area contributed by atoms with E-state index in [1.165, 1.54) is 12.1 Å². The predicted octanol–water partition coefficient (Wildman–Crippen LogP) is 2.59. The molecule has 18 heavy (non-hydrogen) atoms. The maximum absolute atomic E-state index is 13.5. The number of nitrogens with zero attached hydrogens (tertiary/aromatic N) is 2. The molecule has 5 heteroatoms. The summed E-state index contributed by atoms with van der Waals surface area (Å²) in [5.74, 6) is -0.409. The van der Waals surface area contributed by atoms with E-state index in [1.54, 1.807) is 0 Å². The molecule has 1 aliphatic heterocycles. The van der Waals surface area contributed by atoms with Gasteiger partial charge in [-0.2, -0.15) is 0 Å². The Morgan fingerprint density at radius 1 is 1.44 bits per heavy atom. The van der Waals surface area contributed by atoms with Crippen LogP contribution in [0.1, 0.15) is 13.3 Å². The molecule has 2 rings (SSSR count). The van der Waals surface area contributed by atoms with Gasteiger partial charge in [0.05, 0.1) is 16.4 Å². The molecule has 2 N–H and O–H groups in total. The molecule has 3 nitrogen and oxygen atoms in total. The number of hydrogen-bond acceptors (Lipinski definition) is 3. The van der Waals surface area contributed by atoms with Crippen LogP contribution in [0.2, 0.25) is 5.02 Å². The van der Waals surface area contributed by atoms with Gasteiger partial charge in [-0.05, 0) is 19.5 Å². The van der Waals surface area contributed by atoms with Gasteiger partial charge >= 0.3 is 0 Å². The predicted molar refractivity (Wildman–Crippen MR) is 74.7 cm³/mol. The van der Waals surface area contributed by atoms with Crippen molar-refractivity contribution in [3.8, 4) is 0 Å². The molecule has 0 radical (unpaired) electrons. The first-order valence-corrected chi connectivity index (χ1v) is 6.60. The number of halogens is 2. The highest BCUT2D eigenvalue weighted by atomic mass is 35.5. The molecule has 0 bridgehead atoms. The summed E-state index contributed by atoms with van der Waals surface area (Å²) in [4.78, 5) is 4.47. The SMILES string of the molecule is CCC1CN(c2cc(F)c(Cl)cc2N)CCN1C. The minimum Gasteiger partial charge on any atom is -0.397 e. The number of anilines is 2. The van der Waals surface area contributed by atoms with Crippen molar-refractivity contribution in [1.82, 2.24) is 4.90 Å². The van der Waals surface area contributed by atoms with E-state index in [0.29, 0.717) is 11.7 Å². The summed E-state index contributed by atoms with van der Waals surface area (Å²) in [6, 6.07) is 3.41. The van der Waals surface area contributed by atoms with Crippen LogP contribution < -0.4 is 10.6 Å². The maximum Gasteiger partial charge on any atom is 0.144 e. The number of hydrogen-bond donors (Lipinski definition) is 1. The van der Waals surface area contributed by atoms with E-state index in [0.717, 1.165) is 31.7 Å². The molecule has 1 unspecified atom stereocenters. The van der Waals surface area contributed by atoms with Gasteiger partial charge in [-0.1, -0.05) is 18.5 Å². The molecule has 1 heterocycles. The molecule has 0 amide bonds. The molecule has 0 aromatic heterocycles. The average molecular weight is 272 g/mol. The molecule has 0 spiro atoms. The lowest BCUT2D eigenvalue weighted by Crippen LogP contribution is -2.51. The summed E-state index contributed by atoms with van der Waals surface area (Å²) in [6.45, 7) is 4.86. The van der Waals surface area contributed by atoms with Crippen LogP contribution in [0.4, 0.5) is 15.8 Å². The van der Waals surface area contributed by atoms with E-state index in [9.17, 15) is 4.39 Å². The van der Waals surface area contributed by atoms with E-state index < -0.39 is 5.82 Å². The van der Waals surface area contributed by atoms with E-state index in [4.69, 9.17) is 17.3 Å². The third kappa shape index (κ3) is 2.54. The number of benzene rings is 1. The lowest BCUT2D eigenvalue weighted by atomic mass is 10.1. The highest BCUT2D eigenvalue weighted by Gasteiger charge is 2.24.